The van der Waals surface area contributed by atoms with Crippen molar-refractivity contribution in [3.8, 4) is 28.5 Å². The molecule has 0 bridgehead atoms. The van der Waals surface area contributed by atoms with E-state index in [1.54, 1.807) is 0 Å². The fourth-order valence-electron chi connectivity index (χ4n) is 4.41. The number of ether oxygens (including phenoxy) is 4. The van der Waals surface area contributed by atoms with Gasteiger partial charge in [0.15, 0.2) is 11.5 Å². The van der Waals surface area contributed by atoms with E-state index in [2.05, 4.69) is 17.2 Å². The molecular weight excluding hydrogens is 394 g/mol. The molecule has 1 saturated heterocycles. The number of aromatic nitrogens is 2. The zero-order valence-corrected chi connectivity index (χ0v) is 18.1. The maximum Gasteiger partial charge on any atom is 0.226 e. The topological polar surface area (TPSA) is 74.7 Å². The predicted molar refractivity (Wildman–Crippen MR) is 118 cm³/mol. The smallest absolute Gasteiger partial charge is 0.226 e. The highest BCUT2D eigenvalue weighted by atomic mass is 16.6. The molecule has 166 valence electrons. The third-order valence-corrected chi connectivity index (χ3v) is 6.33. The molecule has 1 N–H and O–H groups in total. The molecule has 2 aliphatic heterocycles. The highest BCUT2D eigenvalue weighted by molar-refractivity contribution is 5.71. The summed E-state index contributed by atoms with van der Waals surface area (Å²) in [5.74, 6) is 3.56. The molecule has 3 aliphatic rings. The first-order chi connectivity index (χ1) is 15.2. The molecule has 1 aromatic carbocycles. The second-order valence-corrected chi connectivity index (χ2v) is 8.83. The minimum Gasteiger partial charge on any atom is -0.490 e. The molecule has 3 heterocycles. The summed E-state index contributed by atoms with van der Waals surface area (Å²) in [4.78, 5) is 9.41. The lowest BCUT2D eigenvalue weighted by Crippen LogP contribution is -2.26. The first kappa shape index (κ1) is 20.4. The third-order valence-electron chi connectivity index (χ3n) is 6.33. The van der Waals surface area contributed by atoms with Crippen LogP contribution in [-0.4, -0.2) is 48.5 Å². The molecule has 0 radical (unpaired) electrons. The largest absolute Gasteiger partial charge is 0.490 e. The average molecular weight is 426 g/mol. The van der Waals surface area contributed by atoms with Gasteiger partial charge in [0.05, 0.1) is 32.0 Å². The van der Waals surface area contributed by atoms with Crippen LogP contribution in [0.25, 0.3) is 11.1 Å². The summed E-state index contributed by atoms with van der Waals surface area (Å²) in [6.07, 6.45) is 8.41. The summed E-state index contributed by atoms with van der Waals surface area (Å²) in [6.45, 7) is 4.96. The van der Waals surface area contributed by atoms with Gasteiger partial charge in [-0.25, -0.2) is 4.98 Å². The average Bonchev–Trinajstić information content (AvgIpc) is 3.18. The van der Waals surface area contributed by atoms with Crippen molar-refractivity contribution < 1.29 is 18.9 Å². The maximum atomic E-state index is 6.29. The molecule has 7 nitrogen and oxygen atoms in total. The SMILES string of the molecule is CC1CCC(Nc2ncc(-c3ccc4c(c3)OCCCO4)c(OC3CCOC3)n2)CC1. The molecule has 1 unspecified atom stereocenters. The van der Waals surface area contributed by atoms with E-state index >= 15 is 0 Å². The molecule has 1 atom stereocenters. The van der Waals surface area contributed by atoms with Crippen LogP contribution < -0.4 is 19.5 Å². The summed E-state index contributed by atoms with van der Waals surface area (Å²) in [6, 6.07) is 6.38. The van der Waals surface area contributed by atoms with Crippen LogP contribution in [0, 0.1) is 5.92 Å². The lowest BCUT2D eigenvalue weighted by molar-refractivity contribution is 0.138. The van der Waals surface area contributed by atoms with Crippen LogP contribution in [0.15, 0.2) is 24.4 Å². The Morgan fingerprint density at radius 1 is 1.00 bits per heavy atom. The quantitative estimate of drug-likeness (QED) is 0.758. The number of nitrogens with one attached hydrogen (secondary N) is 1. The van der Waals surface area contributed by atoms with E-state index in [0.717, 1.165) is 60.8 Å². The van der Waals surface area contributed by atoms with Gasteiger partial charge in [-0.2, -0.15) is 4.98 Å². The lowest BCUT2D eigenvalue weighted by Gasteiger charge is -2.27. The first-order valence-electron chi connectivity index (χ1n) is 11.5. The predicted octanol–water partition coefficient (Wildman–Crippen LogP) is 4.46. The van der Waals surface area contributed by atoms with Gasteiger partial charge in [0.25, 0.3) is 0 Å². The summed E-state index contributed by atoms with van der Waals surface area (Å²) in [5, 5.41) is 3.53. The fraction of sp³-hybridized carbons (Fsp3) is 0.583. The minimum absolute atomic E-state index is 0.0115. The summed E-state index contributed by atoms with van der Waals surface area (Å²) in [5.41, 5.74) is 1.81. The molecule has 0 spiro atoms. The Bertz CT molecular complexity index is 892. The van der Waals surface area contributed by atoms with E-state index < -0.39 is 0 Å². The number of hydrogen-bond donors (Lipinski definition) is 1. The van der Waals surface area contributed by atoms with Crippen molar-refractivity contribution in [1.29, 1.82) is 0 Å². The third kappa shape index (κ3) is 4.87. The van der Waals surface area contributed by atoms with Gasteiger partial charge in [-0.05, 0) is 49.3 Å². The monoisotopic (exact) mass is 425 g/mol. The molecular formula is C24H31N3O4. The van der Waals surface area contributed by atoms with Crippen LogP contribution in [0.4, 0.5) is 5.95 Å². The van der Waals surface area contributed by atoms with Crippen molar-refractivity contribution in [2.75, 3.05) is 31.7 Å². The molecule has 5 rings (SSSR count). The summed E-state index contributed by atoms with van der Waals surface area (Å²) in [7, 11) is 0. The summed E-state index contributed by atoms with van der Waals surface area (Å²) < 4.78 is 23.4. The Morgan fingerprint density at radius 3 is 2.65 bits per heavy atom. The van der Waals surface area contributed by atoms with Crippen LogP contribution in [0.5, 0.6) is 17.4 Å². The van der Waals surface area contributed by atoms with E-state index in [-0.39, 0.29) is 6.10 Å². The Balaban J connectivity index is 1.42. The Hall–Kier alpha value is -2.54. The van der Waals surface area contributed by atoms with Crippen LogP contribution in [0.2, 0.25) is 0 Å². The number of hydrogen-bond acceptors (Lipinski definition) is 7. The Kier molecular flexibility index (Phi) is 6.11. The number of nitrogens with zero attached hydrogens (tertiary/aromatic N) is 2. The van der Waals surface area contributed by atoms with Crippen molar-refractivity contribution in [2.45, 2.75) is 57.6 Å². The van der Waals surface area contributed by atoms with Crippen molar-refractivity contribution in [3.63, 3.8) is 0 Å². The maximum absolute atomic E-state index is 6.29. The fourth-order valence-corrected chi connectivity index (χ4v) is 4.41. The van der Waals surface area contributed by atoms with Crippen LogP contribution in [0.1, 0.15) is 45.4 Å². The highest BCUT2D eigenvalue weighted by Gasteiger charge is 2.23. The van der Waals surface area contributed by atoms with Crippen molar-refractivity contribution >= 4 is 5.95 Å². The summed E-state index contributed by atoms with van der Waals surface area (Å²) >= 11 is 0. The molecule has 1 aromatic heterocycles. The normalized spacial score (nSPS) is 25.6. The van der Waals surface area contributed by atoms with Gasteiger partial charge in [-0.1, -0.05) is 13.0 Å². The van der Waals surface area contributed by atoms with Crippen LogP contribution in [0.3, 0.4) is 0 Å². The molecule has 31 heavy (non-hydrogen) atoms. The van der Waals surface area contributed by atoms with E-state index in [0.29, 0.717) is 37.7 Å². The van der Waals surface area contributed by atoms with Gasteiger partial charge < -0.3 is 24.3 Å². The molecule has 2 fully saturated rings. The Labute approximate surface area is 183 Å². The van der Waals surface area contributed by atoms with Crippen molar-refractivity contribution in [1.82, 2.24) is 9.97 Å². The van der Waals surface area contributed by atoms with Crippen molar-refractivity contribution in [3.05, 3.63) is 24.4 Å². The number of anilines is 1. The zero-order chi connectivity index (χ0) is 21.0. The van der Waals surface area contributed by atoms with Gasteiger partial charge in [0.2, 0.25) is 11.8 Å². The second kappa shape index (κ2) is 9.30. The minimum atomic E-state index is 0.0115. The zero-order valence-electron chi connectivity index (χ0n) is 18.1. The van der Waals surface area contributed by atoms with E-state index in [1.165, 1.54) is 12.8 Å². The standard InChI is InChI=1S/C24H31N3O4/c1-16-3-6-18(7-4-16)26-24-25-14-20(23(27-24)31-19-9-12-28-15-19)17-5-8-21-22(13-17)30-11-2-10-29-21/h5,8,13-14,16,18-19H,2-4,6-7,9-12,15H2,1H3,(H,25,26,27). The van der Waals surface area contributed by atoms with Gasteiger partial charge >= 0.3 is 0 Å². The lowest BCUT2D eigenvalue weighted by atomic mass is 9.87. The number of rotatable bonds is 5. The molecule has 0 amide bonds. The Morgan fingerprint density at radius 2 is 1.84 bits per heavy atom. The van der Waals surface area contributed by atoms with E-state index in [9.17, 15) is 0 Å². The van der Waals surface area contributed by atoms with E-state index in [4.69, 9.17) is 23.9 Å². The van der Waals surface area contributed by atoms with Gasteiger partial charge in [0, 0.05) is 25.1 Å². The molecule has 1 aliphatic carbocycles. The first-order valence-corrected chi connectivity index (χ1v) is 11.5. The van der Waals surface area contributed by atoms with Gasteiger partial charge in [-0.3, -0.25) is 0 Å². The molecule has 2 aromatic rings. The van der Waals surface area contributed by atoms with Gasteiger partial charge in [-0.15, -0.1) is 0 Å². The molecule has 1 saturated carbocycles. The second-order valence-electron chi connectivity index (χ2n) is 8.83. The number of benzene rings is 1. The van der Waals surface area contributed by atoms with Crippen molar-refractivity contribution in [2.24, 2.45) is 5.92 Å². The van der Waals surface area contributed by atoms with Crippen LogP contribution >= 0.6 is 0 Å². The van der Waals surface area contributed by atoms with Gasteiger partial charge in [0.1, 0.15) is 6.10 Å². The highest BCUT2D eigenvalue weighted by Crippen LogP contribution is 2.37. The van der Waals surface area contributed by atoms with Crippen LogP contribution in [-0.2, 0) is 4.74 Å². The number of fused-ring (bicyclic) bond motifs is 1. The molecule has 7 heteroatoms. The van der Waals surface area contributed by atoms with E-state index in [1.807, 2.05) is 24.4 Å².